The normalized spacial score (nSPS) is 15.4. The molecule has 0 saturated carbocycles. The molecule has 0 bridgehead atoms. The number of aromatic nitrogens is 1. The van der Waals surface area contributed by atoms with Crippen molar-refractivity contribution in [2.45, 2.75) is 32.8 Å². The summed E-state index contributed by atoms with van der Waals surface area (Å²) in [5, 5.41) is 0. The largest absolute Gasteiger partial charge is 0.481 e. The maximum atomic E-state index is 12.0. The van der Waals surface area contributed by atoms with Gasteiger partial charge < -0.3 is 14.4 Å². The molecule has 1 aliphatic heterocycles. The van der Waals surface area contributed by atoms with Gasteiger partial charge in [0.1, 0.15) is 5.60 Å². The molecule has 5 nitrogen and oxygen atoms in total. The Labute approximate surface area is 125 Å². The topological polar surface area (TPSA) is 51.7 Å². The van der Waals surface area contributed by atoms with Crippen molar-refractivity contribution in [1.29, 1.82) is 0 Å². The molecule has 0 spiro atoms. The molecule has 0 N–H and O–H groups in total. The van der Waals surface area contributed by atoms with E-state index >= 15 is 0 Å². The minimum absolute atomic E-state index is 0.259. The van der Waals surface area contributed by atoms with Crippen molar-refractivity contribution in [2.24, 2.45) is 0 Å². The zero-order valence-corrected chi connectivity index (χ0v) is 13.0. The number of methoxy groups -OCH3 is 1. The first kappa shape index (κ1) is 15.4. The van der Waals surface area contributed by atoms with Crippen LogP contribution in [0.5, 0.6) is 5.88 Å². The molecule has 5 heteroatoms. The van der Waals surface area contributed by atoms with Crippen molar-refractivity contribution in [3.8, 4) is 5.88 Å². The summed E-state index contributed by atoms with van der Waals surface area (Å²) in [5.41, 5.74) is 1.83. The van der Waals surface area contributed by atoms with Gasteiger partial charge in [0.05, 0.1) is 7.11 Å². The highest BCUT2D eigenvalue weighted by atomic mass is 16.6. The van der Waals surface area contributed by atoms with Gasteiger partial charge in [-0.05, 0) is 44.4 Å². The average molecular weight is 290 g/mol. The Balaban J connectivity index is 2.03. The lowest BCUT2D eigenvalue weighted by Crippen LogP contribution is -2.39. The fourth-order valence-corrected chi connectivity index (χ4v) is 2.14. The molecule has 0 unspecified atom stereocenters. The van der Waals surface area contributed by atoms with Crippen molar-refractivity contribution >= 4 is 11.7 Å². The number of ether oxygens (including phenoxy) is 2. The zero-order chi connectivity index (χ0) is 15.5. The summed E-state index contributed by atoms with van der Waals surface area (Å²) in [4.78, 5) is 17.8. The van der Waals surface area contributed by atoms with E-state index in [-0.39, 0.29) is 6.09 Å². The summed E-state index contributed by atoms with van der Waals surface area (Å²) >= 11 is 0. The third kappa shape index (κ3) is 4.21. The van der Waals surface area contributed by atoms with Crippen LogP contribution in [-0.4, -0.2) is 41.8 Å². The van der Waals surface area contributed by atoms with Gasteiger partial charge in [0.15, 0.2) is 0 Å². The van der Waals surface area contributed by atoms with Gasteiger partial charge in [-0.3, -0.25) is 0 Å². The SMILES string of the molecule is COc1cc(C2=CCN(C(=O)OC(C)(C)C)CC2)ccn1. The van der Waals surface area contributed by atoms with Gasteiger partial charge in [-0.2, -0.15) is 0 Å². The van der Waals surface area contributed by atoms with Crippen LogP contribution in [0.25, 0.3) is 5.57 Å². The summed E-state index contributed by atoms with van der Waals surface area (Å²) in [6.07, 6.45) is 4.33. The van der Waals surface area contributed by atoms with Crippen molar-refractivity contribution in [3.05, 3.63) is 30.0 Å². The Morgan fingerprint density at radius 2 is 2.14 bits per heavy atom. The summed E-state index contributed by atoms with van der Waals surface area (Å²) < 4.78 is 10.5. The number of rotatable bonds is 2. The van der Waals surface area contributed by atoms with Crippen LogP contribution in [0.4, 0.5) is 4.79 Å². The van der Waals surface area contributed by atoms with Crippen LogP contribution in [-0.2, 0) is 4.74 Å². The van der Waals surface area contributed by atoms with Gasteiger partial charge >= 0.3 is 6.09 Å². The Morgan fingerprint density at radius 1 is 1.38 bits per heavy atom. The molecule has 21 heavy (non-hydrogen) atoms. The summed E-state index contributed by atoms with van der Waals surface area (Å²) in [6, 6.07) is 3.87. The van der Waals surface area contributed by atoms with Crippen LogP contribution in [0, 0.1) is 0 Å². The maximum Gasteiger partial charge on any atom is 0.410 e. The molecule has 1 aliphatic rings. The monoisotopic (exact) mass is 290 g/mol. The highest BCUT2D eigenvalue weighted by molar-refractivity contribution is 5.72. The number of amides is 1. The molecule has 1 aromatic heterocycles. The Kier molecular flexibility index (Phi) is 4.50. The molecule has 0 saturated heterocycles. The van der Waals surface area contributed by atoms with E-state index in [4.69, 9.17) is 9.47 Å². The number of carbonyl (C=O) groups excluding carboxylic acids is 1. The van der Waals surface area contributed by atoms with E-state index in [1.54, 1.807) is 18.2 Å². The van der Waals surface area contributed by atoms with E-state index < -0.39 is 5.60 Å². The van der Waals surface area contributed by atoms with Crippen molar-refractivity contribution < 1.29 is 14.3 Å². The maximum absolute atomic E-state index is 12.0. The summed E-state index contributed by atoms with van der Waals surface area (Å²) in [7, 11) is 1.60. The van der Waals surface area contributed by atoms with E-state index in [0.717, 1.165) is 12.0 Å². The second-order valence-corrected chi connectivity index (χ2v) is 5.99. The molecule has 1 amide bonds. The number of nitrogens with zero attached hydrogens (tertiary/aromatic N) is 2. The quantitative estimate of drug-likeness (QED) is 0.839. The molecule has 0 aliphatic carbocycles. The lowest BCUT2D eigenvalue weighted by molar-refractivity contribution is 0.0270. The van der Waals surface area contributed by atoms with E-state index in [1.165, 1.54) is 5.57 Å². The van der Waals surface area contributed by atoms with Crippen molar-refractivity contribution in [3.63, 3.8) is 0 Å². The number of hydrogen-bond acceptors (Lipinski definition) is 4. The highest BCUT2D eigenvalue weighted by Crippen LogP contribution is 2.25. The molecule has 0 aromatic carbocycles. The zero-order valence-electron chi connectivity index (χ0n) is 13.0. The van der Waals surface area contributed by atoms with E-state index in [9.17, 15) is 4.79 Å². The van der Waals surface area contributed by atoms with Gasteiger partial charge in [0.2, 0.25) is 5.88 Å². The van der Waals surface area contributed by atoms with Crippen LogP contribution < -0.4 is 4.74 Å². The van der Waals surface area contributed by atoms with Crippen LogP contribution >= 0.6 is 0 Å². The third-order valence-corrected chi connectivity index (χ3v) is 3.18. The number of pyridine rings is 1. The fourth-order valence-electron chi connectivity index (χ4n) is 2.14. The predicted octanol–water partition coefficient (Wildman–Crippen LogP) is 3.11. The molecule has 2 heterocycles. The first-order chi connectivity index (χ1) is 9.89. The first-order valence-corrected chi connectivity index (χ1v) is 7.06. The standard InChI is InChI=1S/C16H22N2O3/c1-16(2,3)21-15(19)18-9-6-12(7-10-18)13-5-8-17-14(11-13)20-4/h5-6,8,11H,7,9-10H2,1-4H3. The number of carbonyl (C=O) groups is 1. The summed E-state index contributed by atoms with van der Waals surface area (Å²) in [6.45, 7) is 6.85. The fraction of sp³-hybridized carbons (Fsp3) is 0.500. The van der Waals surface area contributed by atoms with Crippen molar-refractivity contribution in [2.75, 3.05) is 20.2 Å². The molecule has 114 valence electrons. The van der Waals surface area contributed by atoms with E-state index in [2.05, 4.69) is 11.1 Å². The Hall–Kier alpha value is -2.04. The van der Waals surface area contributed by atoms with Crippen LogP contribution in [0.15, 0.2) is 24.4 Å². The van der Waals surface area contributed by atoms with E-state index in [0.29, 0.717) is 19.0 Å². The molecular formula is C16H22N2O3. The Bertz CT molecular complexity index is 547. The van der Waals surface area contributed by atoms with Gasteiger partial charge in [0, 0.05) is 25.4 Å². The second-order valence-electron chi connectivity index (χ2n) is 5.99. The van der Waals surface area contributed by atoms with Crippen LogP contribution in [0.1, 0.15) is 32.8 Å². The van der Waals surface area contributed by atoms with Gasteiger partial charge in [-0.1, -0.05) is 6.08 Å². The van der Waals surface area contributed by atoms with Gasteiger partial charge in [-0.25, -0.2) is 9.78 Å². The molecule has 2 rings (SSSR count). The van der Waals surface area contributed by atoms with Crippen LogP contribution in [0.2, 0.25) is 0 Å². The summed E-state index contributed by atoms with van der Waals surface area (Å²) in [5.74, 6) is 0.600. The molecule has 0 radical (unpaired) electrons. The van der Waals surface area contributed by atoms with Gasteiger partial charge in [-0.15, -0.1) is 0 Å². The highest BCUT2D eigenvalue weighted by Gasteiger charge is 2.23. The smallest absolute Gasteiger partial charge is 0.410 e. The first-order valence-electron chi connectivity index (χ1n) is 7.06. The lowest BCUT2D eigenvalue weighted by Gasteiger charge is -2.29. The minimum Gasteiger partial charge on any atom is -0.481 e. The predicted molar refractivity (Wildman–Crippen MR) is 81.2 cm³/mol. The molecule has 0 fully saturated rings. The van der Waals surface area contributed by atoms with Gasteiger partial charge in [0.25, 0.3) is 0 Å². The molecule has 0 atom stereocenters. The average Bonchev–Trinajstić information content (AvgIpc) is 2.46. The third-order valence-electron chi connectivity index (χ3n) is 3.18. The van der Waals surface area contributed by atoms with E-state index in [1.807, 2.05) is 32.9 Å². The Morgan fingerprint density at radius 3 is 2.71 bits per heavy atom. The van der Waals surface area contributed by atoms with Crippen molar-refractivity contribution in [1.82, 2.24) is 9.88 Å². The molecular weight excluding hydrogens is 268 g/mol. The minimum atomic E-state index is -0.459. The number of hydrogen-bond donors (Lipinski definition) is 0. The lowest BCUT2D eigenvalue weighted by atomic mass is 10.0. The second kappa shape index (κ2) is 6.16. The van der Waals surface area contributed by atoms with Crippen LogP contribution in [0.3, 0.4) is 0 Å². The molecule has 1 aromatic rings.